The van der Waals surface area contributed by atoms with Crippen LogP contribution in [-0.2, 0) is 32.6 Å². The van der Waals surface area contributed by atoms with Crippen LogP contribution in [0.25, 0.3) is 0 Å². The second kappa shape index (κ2) is 15.3. The number of hydrogen-bond donors (Lipinski definition) is 1. The number of rotatable bonds is 12. The minimum absolute atomic E-state index is 0.0190. The molecule has 7 nitrogen and oxygen atoms in total. The Kier molecular flexibility index (Phi) is 11.2. The summed E-state index contributed by atoms with van der Waals surface area (Å²) in [7, 11) is -4.30. The molecule has 1 aliphatic carbocycles. The Labute approximate surface area is 285 Å². The normalized spacial score (nSPS) is 14.0. The Bertz CT molecular complexity index is 1800. The van der Waals surface area contributed by atoms with E-state index in [1.165, 1.54) is 29.2 Å². The van der Waals surface area contributed by atoms with Gasteiger partial charge in [0.15, 0.2) is 0 Å². The Morgan fingerprint density at radius 3 is 2.21 bits per heavy atom. The molecule has 0 radical (unpaired) electrons. The molecule has 2 amide bonds. The number of carbonyl (C=O) groups is 2. The van der Waals surface area contributed by atoms with Crippen LogP contribution in [0.15, 0.2) is 102 Å². The summed E-state index contributed by atoms with van der Waals surface area (Å²) in [6, 6.07) is 24.3. The van der Waals surface area contributed by atoms with Crippen LogP contribution in [0.4, 0.5) is 10.1 Å². The summed E-state index contributed by atoms with van der Waals surface area (Å²) >= 11 is 12.7. The van der Waals surface area contributed by atoms with Gasteiger partial charge in [0.25, 0.3) is 10.0 Å². The highest BCUT2D eigenvalue weighted by atomic mass is 35.5. The highest BCUT2D eigenvalue weighted by Crippen LogP contribution is 2.28. The zero-order valence-corrected chi connectivity index (χ0v) is 28.2. The molecule has 1 fully saturated rings. The van der Waals surface area contributed by atoms with Crippen LogP contribution in [0.1, 0.15) is 42.4 Å². The zero-order valence-electron chi connectivity index (χ0n) is 25.9. The molecule has 0 aliphatic heterocycles. The van der Waals surface area contributed by atoms with Crippen LogP contribution in [0, 0.1) is 12.7 Å². The number of benzene rings is 4. The first kappa shape index (κ1) is 34.4. The lowest BCUT2D eigenvalue weighted by Gasteiger charge is -2.34. The Balaban J connectivity index is 1.58. The van der Waals surface area contributed by atoms with Gasteiger partial charge in [-0.3, -0.25) is 13.9 Å². The van der Waals surface area contributed by atoms with Crippen molar-refractivity contribution < 1.29 is 22.4 Å². The van der Waals surface area contributed by atoms with Crippen molar-refractivity contribution in [3.63, 3.8) is 0 Å². The van der Waals surface area contributed by atoms with Crippen molar-refractivity contribution in [1.82, 2.24) is 10.2 Å². The van der Waals surface area contributed by atoms with Crippen molar-refractivity contribution in [2.24, 2.45) is 0 Å². The number of halogens is 3. The first-order valence-electron chi connectivity index (χ1n) is 15.4. The van der Waals surface area contributed by atoms with E-state index in [9.17, 15) is 22.4 Å². The molecule has 11 heteroatoms. The van der Waals surface area contributed by atoms with Crippen molar-refractivity contribution in [1.29, 1.82) is 0 Å². The lowest BCUT2D eigenvalue weighted by atomic mass is 10.0. The van der Waals surface area contributed by atoms with Crippen molar-refractivity contribution >= 4 is 50.7 Å². The summed E-state index contributed by atoms with van der Waals surface area (Å²) < 4.78 is 43.1. The summed E-state index contributed by atoms with van der Waals surface area (Å²) in [5, 5.41) is 3.84. The molecule has 1 N–H and O–H groups in total. The van der Waals surface area contributed by atoms with Gasteiger partial charge in [0.05, 0.1) is 10.6 Å². The standard InChI is InChI=1S/C36H36Cl2FN3O4S/c1-25-11-19-32(20-12-25)47(45,46)42(31-17-15-29(39)16-18-31)24-35(43)41(23-27-13-14-28(37)22-33(27)38)34(21-26-7-3-2-4-8-26)36(44)40-30-9-5-6-10-30/h2-4,7-8,11-20,22,30,34H,5-6,9-10,21,23-24H2,1H3,(H,40,44)/t34-/m1/s1. The Morgan fingerprint density at radius 2 is 1.57 bits per heavy atom. The molecule has 1 atom stereocenters. The Morgan fingerprint density at radius 1 is 0.915 bits per heavy atom. The van der Waals surface area contributed by atoms with Crippen molar-refractivity contribution in [3.05, 3.63) is 130 Å². The zero-order chi connectivity index (χ0) is 33.6. The topological polar surface area (TPSA) is 86.8 Å². The fourth-order valence-corrected chi connectivity index (χ4v) is 7.61. The maximum Gasteiger partial charge on any atom is 0.264 e. The van der Waals surface area contributed by atoms with E-state index in [4.69, 9.17) is 23.2 Å². The van der Waals surface area contributed by atoms with Crippen LogP contribution >= 0.6 is 23.2 Å². The second-order valence-electron chi connectivity index (χ2n) is 11.8. The van der Waals surface area contributed by atoms with Crippen LogP contribution in [0.5, 0.6) is 0 Å². The second-order valence-corrected chi connectivity index (χ2v) is 14.5. The molecule has 0 saturated heterocycles. The predicted molar refractivity (Wildman–Crippen MR) is 183 cm³/mol. The van der Waals surface area contributed by atoms with Gasteiger partial charge in [-0.1, -0.05) is 90.1 Å². The van der Waals surface area contributed by atoms with Gasteiger partial charge >= 0.3 is 0 Å². The van der Waals surface area contributed by atoms with Gasteiger partial charge in [-0.15, -0.1) is 0 Å². The Hall–Kier alpha value is -3.92. The fourth-order valence-electron chi connectivity index (χ4n) is 5.73. The molecule has 1 aliphatic rings. The maximum atomic E-state index is 14.6. The molecular formula is C36H36Cl2FN3O4S. The fraction of sp³-hybridized carbons (Fsp3) is 0.278. The van der Waals surface area contributed by atoms with Crippen LogP contribution < -0.4 is 9.62 Å². The molecule has 0 spiro atoms. The van der Waals surface area contributed by atoms with Crippen LogP contribution in [0.3, 0.4) is 0 Å². The molecule has 47 heavy (non-hydrogen) atoms. The number of nitrogens with one attached hydrogen (secondary N) is 1. The van der Waals surface area contributed by atoms with E-state index in [1.807, 2.05) is 37.3 Å². The van der Waals surface area contributed by atoms with E-state index in [1.54, 1.807) is 30.3 Å². The molecule has 1 saturated carbocycles. The van der Waals surface area contributed by atoms with Crippen LogP contribution in [0.2, 0.25) is 10.0 Å². The SMILES string of the molecule is Cc1ccc(S(=O)(=O)N(CC(=O)N(Cc2ccc(Cl)cc2Cl)[C@H](Cc2ccccc2)C(=O)NC2CCCC2)c2ccc(F)cc2)cc1. The van der Waals surface area contributed by atoms with Gasteiger partial charge in [-0.2, -0.15) is 0 Å². The monoisotopic (exact) mass is 695 g/mol. The third kappa shape index (κ3) is 8.71. The number of amides is 2. The summed E-state index contributed by atoms with van der Waals surface area (Å²) in [6.45, 7) is 1.09. The van der Waals surface area contributed by atoms with Gasteiger partial charge in [0.2, 0.25) is 11.8 Å². The molecule has 0 heterocycles. The quantitative estimate of drug-likeness (QED) is 0.168. The smallest absolute Gasteiger partial charge is 0.264 e. The first-order valence-corrected chi connectivity index (χ1v) is 17.6. The summed E-state index contributed by atoms with van der Waals surface area (Å²) in [6.07, 6.45) is 3.86. The molecular weight excluding hydrogens is 660 g/mol. The minimum Gasteiger partial charge on any atom is -0.352 e. The van der Waals surface area contributed by atoms with Gasteiger partial charge < -0.3 is 10.2 Å². The summed E-state index contributed by atoms with van der Waals surface area (Å²) in [5.41, 5.74) is 2.31. The van der Waals surface area contributed by atoms with Gasteiger partial charge in [-0.25, -0.2) is 12.8 Å². The van der Waals surface area contributed by atoms with Gasteiger partial charge in [0.1, 0.15) is 18.4 Å². The average molecular weight is 697 g/mol. The van der Waals surface area contributed by atoms with Crippen molar-refractivity contribution in [2.45, 2.75) is 62.6 Å². The molecule has 0 unspecified atom stereocenters. The van der Waals surface area contributed by atoms with E-state index in [0.29, 0.717) is 15.6 Å². The predicted octanol–water partition coefficient (Wildman–Crippen LogP) is 7.34. The number of nitrogens with zero attached hydrogens (tertiary/aromatic N) is 2. The number of hydrogen-bond acceptors (Lipinski definition) is 4. The number of anilines is 1. The van der Waals surface area contributed by atoms with E-state index in [-0.39, 0.29) is 35.5 Å². The van der Waals surface area contributed by atoms with E-state index < -0.39 is 34.3 Å². The average Bonchev–Trinajstić information content (AvgIpc) is 3.56. The molecule has 246 valence electrons. The van der Waals surface area contributed by atoms with E-state index in [0.717, 1.165) is 53.2 Å². The number of carbonyl (C=O) groups excluding carboxylic acids is 2. The molecule has 4 aromatic carbocycles. The third-order valence-electron chi connectivity index (χ3n) is 8.33. The number of sulfonamides is 1. The minimum atomic E-state index is -4.30. The first-order chi connectivity index (χ1) is 22.5. The molecule has 0 aromatic heterocycles. The van der Waals surface area contributed by atoms with Crippen molar-refractivity contribution in [3.8, 4) is 0 Å². The summed E-state index contributed by atoms with van der Waals surface area (Å²) in [4.78, 5) is 30.0. The highest BCUT2D eigenvalue weighted by molar-refractivity contribution is 7.92. The lowest BCUT2D eigenvalue weighted by Crippen LogP contribution is -2.54. The lowest BCUT2D eigenvalue weighted by molar-refractivity contribution is -0.140. The number of aryl methyl sites for hydroxylation is 1. The largest absolute Gasteiger partial charge is 0.352 e. The molecule has 0 bridgehead atoms. The highest BCUT2D eigenvalue weighted by Gasteiger charge is 2.36. The molecule has 4 aromatic rings. The van der Waals surface area contributed by atoms with Gasteiger partial charge in [0, 0.05) is 29.1 Å². The maximum absolute atomic E-state index is 14.6. The molecule has 5 rings (SSSR count). The third-order valence-corrected chi connectivity index (χ3v) is 10.7. The van der Waals surface area contributed by atoms with E-state index >= 15 is 0 Å². The van der Waals surface area contributed by atoms with Crippen LogP contribution in [-0.4, -0.2) is 43.8 Å². The van der Waals surface area contributed by atoms with E-state index in [2.05, 4.69) is 5.32 Å². The summed E-state index contributed by atoms with van der Waals surface area (Å²) in [5.74, 6) is -1.54. The van der Waals surface area contributed by atoms with Gasteiger partial charge in [-0.05, 0) is 79.4 Å². The van der Waals surface area contributed by atoms with Crippen molar-refractivity contribution in [2.75, 3.05) is 10.8 Å².